The number of nitrogens with two attached hydrogens (primary N) is 1. The fraction of sp³-hybridized carbons (Fsp3) is 0.923. The van der Waals surface area contributed by atoms with E-state index in [1.807, 2.05) is 0 Å². The van der Waals surface area contributed by atoms with Gasteiger partial charge in [-0.25, -0.2) is 0 Å². The molecule has 1 fully saturated rings. The third kappa shape index (κ3) is 4.90. The highest BCUT2D eigenvalue weighted by molar-refractivity contribution is 7.80. The zero-order valence-electron chi connectivity index (χ0n) is 11.4. The van der Waals surface area contributed by atoms with E-state index in [9.17, 15) is 0 Å². The van der Waals surface area contributed by atoms with Crippen molar-refractivity contribution in [2.75, 3.05) is 33.4 Å². The van der Waals surface area contributed by atoms with Crippen LogP contribution in [0.15, 0.2) is 0 Å². The zero-order chi connectivity index (χ0) is 12.9. The molecule has 1 heterocycles. The van der Waals surface area contributed by atoms with Gasteiger partial charge in [0.25, 0.3) is 0 Å². The van der Waals surface area contributed by atoms with Gasteiger partial charge >= 0.3 is 0 Å². The minimum Gasteiger partial charge on any atom is -0.393 e. The van der Waals surface area contributed by atoms with Crippen molar-refractivity contribution in [2.45, 2.75) is 33.1 Å². The lowest BCUT2D eigenvalue weighted by molar-refractivity contribution is 0.0964. The summed E-state index contributed by atoms with van der Waals surface area (Å²) >= 11 is 5.09. The van der Waals surface area contributed by atoms with Crippen molar-refractivity contribution in [3.8, 4) is 0 Å². The van der Waals surface area contributed by atoms with E-state index in [1.165, 1.54) is 25.9 Å². The van der Waals surface area contributed by atoms with Crippen LogP contribution in [0.1, 0.15) is 33.1 Å². The minimum absolute atomic E-state index is 0.0152. The van der Waals surface area contributed by atoms with Crippen molar-refractivity contribution < 1.29 is 4.74 Å². The first-order valence-electron chi connectivity index (χ1n) is 6.47. The van der Waals surface area contributed by atoms with E-state index in [2.05, 4.69) is 18.7 Å². The molecule has 0 aromatic carbocycles. The molecule has 3 nitrogen and oxygen atoms in total. The Labute approximate surface area is 111 Å². The predicted molar refractivity (Wildman–Crippen MR) is 76.2 cm³/mol. The van der Waals surface area contributed by atoms with E-state index in [0.29, 0.717) is 4.99 Å². The van der Waals surface area contributed by atoms with Crippen molar-refractivity contribution in [1.29, 1.82) is 0 Å². The SMILES string of the molecule is COCC1CCN(CCC(C)(C)C(N)=S)CC1. The van der Waals surface area contributed by atoms with Crippen LogP contribution in [-0.2, 0) is 4.74 Å². The maximum absolute atomic E-state index is 5.74. The molecular formula is C13H26N2OS. The lowest BCUT2D eigenvalue weighted by Gasteiger charge is -2.34. The van der Waals surface area contributed by atoms with Gasteiger partial charge in [-0.15, -0.1) is 0 Å². The quantitative estimate of drug-likeness (QED) is 0.740. The monoisotopic (exact) mass is 258 g/mol. The number of likely N-dealkylation sites (tertiary alicyclic amines) is 1. The molecule has 0 amide bonds. The largest absolute Gasteiger partial charge is 0.393 e. The lowest BCUT2D eigenvalue weighted by atomic mass is 9.88. The third-order valence-corrected chi connectivity index (χ3v) is 4.38. The molecule has 100 valence electrons. The molecule has 0 aromatic heterocycles. The van der Waals surface area contributed by atoms with Gasteiger partial charge in [-0.3, -0.25) is 0 Å². The number of ether oxygens (including phenoxy) is 1. The van der Waals surface area contributed by atoms with Crippen LogP contribution in [0.4, 0.5) is 0 Å². The number of nitrogens with zero attached hydrogens (tertiary/aromatic N) is 1. The van der Waals surface area contributed by atoms with Gasteiger partial charge in [-0.05, 0) is 44.8 Å². The Morgan fingerprint density at radius 2 is 2.00 bits per heavy atom. The van der Waals surface area contributed by atoms with E-state index in [1.54, 1.807) is 7.11 Å². The second-order valence-corrected chi connectivity index (χ2v) is 6.18. The minimum atomic E-state index is -0.0152. The molecule has 4 heteroatoms. The van der Waals surface area contributed by atoms with Gasteiger partial charge in [0.05, 0.1) is 4.99 Å². The number of thiocarbonyl (C=S) groups is 1. The summed E-state index contributed by atoms with van der Waals surface area (Å²) in [6.07, 6.45) is 3.56. The normalized spacial score (nSPS) is 19.5. The van der Waals surface area contributed by atoms with Gasteiger partial charge in [-0.1, -0.05) is 26.1 Å². The Hall–Kier alpha value is -0.190. The molecule has 0 saturated carbocycles. The van der Waals surface area contributed by atoms with Crippen molar-refractivity contribution in [3.63, 3.8) is 0 Å². The average molecular weight is 258 g/mol. The number of hydrogen-bond donors (Lipinski definition) is 1. The predicted octanol–water partition coefficient (Wildman–Crippen LogP) is 2.05. The van der Waals surface area contributed by atoms with Crippen LogP contribution < -0.4 is 5.73 Å². The van der Waals surface area contributed by atoms with Gasteiger partial charge in [0.2, 0.25) is 0 Å². The molecule has 0 unspecified atom stereocenters. The molecule has 0 aromatic rings. The lowest BCUT2D eigenvalue weighted by Crippen LogP contribution is -2.39. The molecule has 1 rings (SSSR count). The summed E-state index contributed by atoms with van der Waals surface area (Å²) in [5.74, 6) is 0.750. The molecule has 0 bridgehead atoms. The molecule has 0 spiro atoms. The standard InChI is InChI=1S/C13H26N2OS/c1-13(2,12(14)17)6-9-15-7-4-11(5-8-15)10-16-3/h11H,4-10H2,1-3H3,(H2,14,17). The van der Waals surface area contributed by atoms with Crippen molar-refractivity contribution >= 4 is 17.2 Å². The first-order chi connectivity index (χ1) is 7.95. The molecule has 0 radical (unpaired) electrons. The maximum Gasteiger partial charge on any atom is 0.0784 e. The summed E-state index contributed by atoms with van der Waals surface area (Å²) in [6.45, 7) is 8.64. The van der Waals surface area contributed by atoms with Gasteiger partial charge in [0, 0.05) is 19.1 Å². The first-order valence-corrected chi connectivity index (χ1v) is 6.87. The summed E-state index contributed by atoms with van der Waals surface area (Å²) in [4.78, 5) is 3.15. The number of hydrogen-bond acceptors (Lipinski definition) is 3. The van der Waals surface area contributed by atoms with Gasteiger partial charge in [0.1, 0.15) is 0 Å². The van der Waals surface area contributed by atoms with Gasteiger partial charge in [-0.2, -0.15) is 0 Å². The van der Waals surface area contributed by atoms with Crippen LogP contribution in [0, 0.1) is 11.3 Å². The number of methoxy groups -OCH3 is 1. The summed E-state index contributed by atoms with van der Waals surface area (Å²) in [5.41, 5.74) is 5.73. The van der Waals surface area contributed by atoms with E-state index in [-0.39, 0.29) is 5.41 Å². The fourth-order valence-corrected chi connectivity index (χ4v) is 2.28. The highest BCUT2D eigenvalue weighted by atomic mass is 32.1. The highest BCUT2D eigenvalue weighted by Gasteiger charge is 2.24. The van der Waals surface area contributed by atoms with Crippen molar-refractivity contribution in [2.24, 2.45) is 17.1 Å². The van der Waals surface area contributed by atoms with E-state index < -0.39 is 0 Å². The Balaban J connectivity index is 2.25. The average Bonchev–Trinajstić information content (AvgIpc) is 2.28. The van der Waals surface area contributed by atoms with E-state index in [4.69, 9.17) is 22.7 Å². The molecular weight excluding hydrogens is 232 g/mol. The van der Waals surface area contributed by atoms with Crippen molar-refractivity contribution in [1.82, 2.24) is 4.90 Å². The summed E-state index contributed by atoms with van der Waals surface area (Å²) in [5, 5.41) is 0. The third-order valence-electron chi connectivity index (χ3n) is 3.83. The van der Waals surface area contributed by atoms with Crippen LogP contribution in [0.25, 0.3) is 0 Å². The van der Waals surface area contributed by atoms with Crippen LogP contribution >= 0.6 is 12.2 Å². The topological polar surface area (TPSA) is 38.5 Å². The van der Waals surface area contributed by atoms with E-state index >= 15 is 0 Å². The number of piperidine rings is 1. The summed E-state index contributed by atoms with van der Waals surface area (Å²) in [7, 11) is 1.79. The maximum atomic E-state index is 5.74. The fourth-order valence-electron chi connectivity index (χ4n) is 2.17. The Bertz CT molecular complexity index is 248. The summed E-state index contributed by atoms with van der Waals surface area (Å²) < 4.78 is 5.21. The molecule has 0 atom stereocenters. The van der Waals surface area contributed by atoms with Crippen LogP contribution in [0.2, 0.25) is 0 Å². The highest BCUT2D eigenvalue weighted by Crippen LogP contribution is 2.23. The van der Waals surface area contributed by atoms with Crippen LogP contribution in [0.5, 0.6) is 0 Å². The van der Waals surface area contributed by atoms with E-state index in [0.717, 1.165) is 25.5 Å². The van der Waals surface area contributed by atoms with Crippen LogP contribution in [0.3, 0.4) is 0 Å². The van der Waals surface area contributed by atoms with Gasteiger partial charge in [0.15, 0.2) is 0 Å². The smallest absolute Gasteiger partial charge is 0.0784 e. The molecule has 2 N–H and O–H groups in total. The van der Waals surface area contributed by atoms with Gasteiger partial charge < -0.3 is 15.4 Å². The first kappa shape index (κ1) is 14.9. The Kier molecular flexibility index (Phi) is 5.83. The molecule has 17 heavy (non-hydrogen) atoms. The molecule has 1 aliphatic rings. The molecule has 1 aliphatic heterocycles. The Morgan fingerprint density at radius 1 is 1.41 bits per heavy atom. The van der Waals surface area contributed by atoms with Crippen molar-refractivity contribution in [3.05, 3.63) is 0 Å². The zero-order valence-corrected chi connectivity index (χ0v) is 12.2. The molecule has 0 aliphatic carbocycles. The second-order valence-electron chi connectivity index (χ2n) is 5.74. The summed E-state index contributed by atoms with van der Waals surface area (Å²) in [6, 6.07) is 0. The second kappa shape index (κ2) is 6.66. The number of rotatable bonds is 6. The Morgan fingerprint density at radius 3 is 2.47 bits per heavy atom. The van der Waals surface area contributed by atoms with Crippen LogP contribution in [-0.4, -0.2) is 43.2 Å². The molecule has 1 saturated heterocycles.